The molecule has 0 aliphatic rings. The van der Waals surface area contributed by atoms with E-state index in [0.717, 1.165) is 108 Å². The Morgan fingerprint density at radius 2 is 0.505 bits per heavy atom. The molecule has 0 saturated heterocycles. The molecule has 0 aliphatic carbocycles. The summed E-state index contributed by atoms with van der Waals surface area (Å²) in [5.41, 5.74) is 0. The van der Waals surface area contributed by atoms with Gasteiger partial charge >= 0.3 is 39.5 Å². The van der Waals surface area contributed by atoms with Gasteiger partial charge in [-0.25, -0.2) is 9.13 Å². The molecular formula is C76H148O17P2. The van der Waals surface area contributed by atoms with Gasteiger partial charge in [-0.2, -0.15) is 0 Å². The van der Waals surface area contributed by atoms with Crippen LogP contribution in [-0.4, -0.2) is 96.7 Å². The zero-order chi connectivity index (χ0) is 70.3. The first-order valence-electron chi connectivity index (χ1n) is 39.3. The monoisotopic (exact) mass is 1400 g/mol. The maximum Gasteiger partial charge on any atom is 0.472 e. The van der Waals surface area contributed by atoms with Crippen molar-refractivity contribution in [2.75, 3.05) is 39.6 Å². The van der Waals surface area contributed by atoms with Crippen molar-refractivity contribution in [3.05, 3.63) is 0 Å². The molecule has 19 heteroatoms. The van der Waals surface area contributed by atoms with Crippen molar-refractivity contribution >= 4 is 39.5 Å². The Kier molecular flexibility index (Phi) is 64.0. The quantitative estimate of drug-likeness (QED) is 0.0222. The Hall–Kier alpha value is -1.94. The topological polar surface area (TPSA) is 237 Å². The van der Waals surface area contributed by atoms with Gasteiger partial charge in [-0.15, -0.1) is 0 Å². The summed E-state index contributed by atoms with van der Waals surface area (Å²) in [6.45, 7) is 14.2. The summed E-state index contributed by atoms with van der Waals surface area (Å²) in [5.74, 6) is 0.939. The average Bonchev–Trinajstić information content (AvgIpc) is 2.78. The third kappa shape index (κ3) is 67.6. The van der Waals surface area contributed by atoms with Crippen molar-refractivity contribution < 1.29 is 80.2 Å². The number of hydrogen-bond donors (Lipinski definition) is 3. The van der Waals surface area contributed by atoms with Crippen LogP contribution in [0.2, 0.25) is 0 Å². The normalized spacial score (nSPS) is 14.7. The van der Waals surface area contributed by atoms with E-state index in [1.165, 1.54) is 186 Å². The number of esters is 4. The number of hydrogen-bond acceptors (Lipinski definition) is 15. The molecule has 0 spiro atoms. The third-order valence-corrected chi connectivity index (χ3v) is 20.2. The van der Waals surface area contributed by atoms with E-state index in [1.807, 2.05) is 0 Å². The summed E-state index contributed by atoms with van der Waals surface area (Å²) in [5, 5.41) is 10.6. The largest absolute Gasteiger partial charge is 0.472 e. The van der Waals surface area contributed by atoms with Gasteiger partial charge in [-0.1, -0.05) is 331 Å². The Bertz CT molecular complexity index is 1870. The van der Waals surface area contributed by atoms with Crippen molar-refractivity contribution in [3.8, 4) is 0 Å². The van der Waals surface area contributed by atoms with E-state index in [1.54, 1.807) is 0 Å². The summed E-state index contributed by atoms with van der Waals surface area (Å²) in [6.07, 6.45) is 50.2. The number of phosphoric acid groups is 2. The molecule has 0 bridgehead atoms. The van der Waals surface area contributed by atoms with Crippen molar-refractivity contribution in [2.45, 2.75) is 401 Å². The maximum absolute atomic E-state index is 13.1. The Labute approximate surface area is 581 Å². The summed E-state index contributed by atoms with van der Waals surface area (Å²) in [4.78, 5) is 72.7. The third-order valence-electron chi connectivity index (χ3n) is 18.3. The molecule has 0 heterocycles. The first kappa shape index (κ1) is 93.1. The highest BCUT2D eigenvalue weighted by Gasteiger charge is 2.30. The fourth-order valence-electron chi connectivity index (χ4n) is 11.5. The number of ether oxygens (including phenoxy) is 4. The molecule has 17 nitrogen and oxygen atoms in total. The fourth-order valence-corrected chi connectivity index (χ4v) is 13.1. The summed E-state index contributed by atoms with van der Waals surface area (Å²) in [7, 11) is -9.91. The van der Waals surface area contributed by atoms with Gasteiger partial charge in [0.05, 0.1) is 26.4 Å². The van der Waals surface area contributed by atoms with E-state index in [4.69, 9.17) is 37.0 Å². The zero-order valence-corrected chi connectivity index (χ0v) is 64.1. The maximum atomic E-state index is 13.1. The number of unbranched alkanes of at least 4 members (excludes halogenated alkanes) is 37. The van der Waals surface area contributed by atoms with Crippen molar-refractivity contribution in [2.24, 2.45) is 23.7 Å². The van der Waals surface area contributed by atoms with Crippen LogP contribution in [0, 0.1) is 23.7 Å². The fraction of sp³-hybridized carbons (Fsp3) is 0.947. The van der Waals surface area contributed by atoms with Crippen molar-refractivity contribution in [3.63, 3.8) is 0 Å². The van der Waals surface area contributed by atoms with Gasteiger partial charge in [0.1, 0.15) is 19.3 Å². The van der Waals surface area contributed by atoms with Crippen LogP contribution in [-0.2, 0) is 65.4 Å². The zero-order valence-electron chi connectivity index (χ0n) is 62.3. The highest BCUT2D eigenvalue weighted by atomic mass is 31.2. The number of carbonyl (C=O) groups excluding carboxylic acids is 4. The lowest BCUT2D eigenvalue weighted by molar-refractivity contribution is -0.161. The summed E-state index contributed by atoms with van der Waals surface area (Å²) >= 11 is 0. The molecular weight excluding hydrogens is 1250 g/mol. The molecule has 0 fully saturated rings. The second kappa shape index (κ2) is 65.4. The van der Waals surface area contributed by atoms with E-state index in [-0.39, 0.29) is 25.7 Å². The SMILES string of the molecule is CCC(C)CCCCCCCCCCCCCCCCCCCCC(=O)OC[C@H](COP(=O)(O)OCC(O)COP(=O)(O)OC[C@@H](COC(=O)CCCCCCCCCCC(C)C)OC(=O)CCCCCCCCCCC(C)CC)OC(=O)CCCCCCCCCC(C)C. The number of phosphoric ester groups is 2. The second-order valence-electron chi connectivity index (χ2n) is 28.8. The first-order chi connectivity index (χ1) is 45.7. The number of aliphatic hydroxyl groups is 1. The molecule has 0 aromatic carbocycles. The van der Waals surface area contributed by atoms with Gasteiger partial charge in [-0.3, -0.25) is 37.3 Å². The van der Waals surface area contributed by atoms with E-state index in [9.17, 15) is 43.2 Å². The first-order valence-corrected chi connectivity index (χ1v) is 42.3. The van der Waals surface area contributed by atoms with Crippen LogP contribution in [0.25, 0.3) is 0 Å². The van der Waals surface area contributed by atoms with Gasteiger partial charge in [0.2, 0.25) is 0 Å². The molecule has 0 aromatic heterocycles. The van der Waals surface area contributed by atoms with Crippen LogP contribution in [0.5, 0.6) is 0 Å². The average molecular weight is 1400 g/mol. The van der Waals surface area contributed by atoms with E-state index in [0.29, 0.717) is 31.6 Å². The van der Waals surface area contributed by atoms with Crippen LogP contribution >= 0.6 is 15.6 Å². The smallest absolute Gasteiger partial charge is 0.462 e. The Morgan fingerprint density at radius 3 is 0.747 bits per heavy atom. The number of carbonyl (C=O) groups is 4. The highest BCUT2D eigenvalue weighted by molar-refractivity contribution is 7.47. The Balaban J connectivity index is 5.14. The summed E-state index contributed by atoms with van der Waals surface area (Å²) in [6, 6.07) is 0. The standard InChI is InChI=1S/C76H148O17P2/c1-9-68(7)54-46-38-30-21-19-17-15-13-11-12-14-16-18-20-22-32-40-48-56-73(78)86-63-72(93-76(81)59-51-43-35-27-29-37-45-53-67(5)6)65-91-95(84,85)89-61-70(77)60-88-94(82,83)90-64-71(62-87-74(79)57-49-41-33-25-23-28-36-44-52-66(3)4)92-75(80)58-50-42-34-26-24-31-39-47-55-69(8)10-2/h66-72,77H,9-65H2,1-8H3,(H,82,83)(H,84,85)/t68?,69?,70?,71-,72-/m1/s1. The molecule has 0 rings (SSSR count). The van der Waals surface area contributed by atoms with Gasteiger partial charge in [0, 0.05) is 25.7 Å². The molecule has 7 atom stereocenters. The molecule has 0 saturated carbocycles. The second-order valence-corrected chi connectivity index (χ2v) is 31.7. The minimum atomic E-state index is -4.96. The van der Waals surface area contributed by atoms with Gasteiger partial charge in [0.15, 0.2) is 12.2 Å². The van der Waals surface area contributed by atoms with Gasteiger partial charge in [0.25, 0.3) is 0 Å². The van der Waals surface area contributed by atoms with Crippen LogP contribution in [0.1, 0.15) is 383 Å². The predicted octanol–water partition coefficient (Wildman–Crippen LogP) is 22.0. The van der Waals surface area contributed by atoms with Crippen LogP contribution in [0.4, 0.5) is 0 Å². The van der Waals surface area contributed by atoms with E-state index in [2.05, 4.69) is 55.4 Å². The number of rotatable bonds is 73. The van der Waals surface area contributed by atoms with Crippen LogP contribution in [0.3, 0.4) is 0 Å². The molecule has 3 N–H and O–H groups in total. The minimum Gasteiger partial charge on any atom is -0.462 e. The molecule has 0 radical (unpaired) electrons. The van der Waals surface area contributed by atoms with Crippen LogP contribution < -0.4 is 0 Å². The van der Waals surface area contributed by atoms with Crippen LogP contribution in [0.15, 0.2) is 0 Å². The molecule has 95 heavy (non-hydrogen) atoms. The van der Waals surface area contributed by atoms with Gasteiger partial charge < -0.3 is 33.8 Å². The number of aliphatic hydroxyl groups excluding tert-OH is 1. The van der Waals surface area contributed by atoms with Gasteiger partial charge in [-0.05, 0) is 49.4 Å². The molecule has 0 aliphatic heterocycles. The van der Waals surface area contributed by atoms with E-state index < -0.39 is 97.5 Å². The molecule has 0 aromatic rings. The summed E-state index contributed by atoms with van der Waals surface area (Å²) < 4.78 is 68.4. The lowest BCUT2D eigenvalue weighted by Crippen LogP contribution is -2.30. The molecule has 0 amide bonds. The minimum absolute atomic E-state index is 0.103. The lowest BCUT2D eigenvalue weighted by atomic mass is 9.99. The predicted molar refractivity (Wildman–Crippen MR) is 386 cm³/mol. The molecule has 5 unspecified atom stereocenters. The molecule has 564 valence electrons. The van der Waals surface area contributed by atoms with Crippen molar-refractivity contribution in [1.29, 1.82) is 0 Å². The van der Waals surface area contributed by atoms with Crippen molar-refractivity contribution in [1.82, 2.24) is 0 Å². The Morgan fingerprint density at radius 1 is 0.295 bits per heavy atom. The highest BCUT2D eigenvalue weighted by Crippen LogP contribution is 2.45. The lowest BCUT2D eigenvalue weighted by Gasteiger charge is -2.21. The van der Waals surface area contributed by atoms with E-state index >= 15 is 0 Å².